The normalized spacial score (nSPS) is 24.3. The number of carbonyl (C=O) groups excluding carboxylic acids is 5. The van der Waals surface area contributed by atoms with Gasteiger partial charge in [-0.15, -0.1) is 0 Å². The van der Waals surface area contributed by atoms with Gasteiger partial charge in [0.25, 0.3) is 5.91 Å². The number of halogens is 6. The number of rotatable bonds is 12. The van der Waals surface area contributed by atoms with Gasteiger partial charge in [0.2, 0.25) is 17.7 Å². The lowest BCUT2D eigenvalue weighted by Crippen LogP contribution is -2.60. The highest BCUT2D eigenvalue weighted by Crippen LogP contribution is 2.42. The van der Waals surface area contributed by atoms with Gasteiger partial charge in [0.15, 0.2) is 0 Å². The fourth-order valence-electron chi connectivity index (χ4n) is 7.99. The lowest BCUT2D eigenvalue weighted by Gasteiger charge is -2.42. The van der Waals surface area contributed by atoms with Gasteiger partial charge in [0.1, 0.15) is 17.6 Å². The Balaban J connectivity index is 0.958. The van der Waals surface area contributed by atoms with Gasteiger partial charge in [-0.1, -0.05) is 6.07 Å². The van der Waals surface area contributed by atoms with Gasteiger partial charge in [-0.2, -0.15) is 35.9 Å². The third kappa shape index (κ3) is 10.3. The number of hydrogen-bond acceptors (Lipinski definition) is 11. The maximum Gasteiger partial charge on any atom is 0.417 e. The predicted molar refractivity (Wildman–Crippen MR) is 205 cm³/mol. The van der Waals surface area contributed by atoms with Crippen LogP contribution < -0.4 is 16.0 Å². The zero-order valence-corrected chi connectivity index (χ0v) is 33.5. The second kappa shape index (κ2) is 18.0. The van der Waals surface area contributed by atoms with E-state index in [4.69, 9.17) is 10.00 Å². The van der Waals surface area contributed by atoms with Crippen molar-refractivity contribution >= 4 is 53.0 Å². The van der Waals surface area contributed by atoms with E-state index in [0.29, 0.717) is 49.0 Å². The molecule has 1 aliphatic carbocycles. The molecule has 1 saturated carbocycles. The highest BCUT2D eigenvalue weighted by atomic mass is 32.2. The Bertz CT molecular complexity index is 2020. The third-order valence-electron chi connectivity index (χ3n) is 11.1. The minimum absolute atomic E-state index is 0.0256. The molecule has 2 aromatic rings. The molecule has 2 aromatic carbocycles. The first-order valence-electron chi connectivity index (χ1n) is 19.4. The Labute approximate surface area is 346 Å². The molecule has 4 fully saturated rings. The standard InChI is InChI=1S/C39H44F6N8O6S/c1-37(2)35(57)53(60-28-11-6-23(20-46)29(19-28)38(40,41)42)36(58)52(37)26-7-9-27(10-8-26)59-17-16-50-14-15-51(31(21-50)39(43,44)45)22-33(55)48-25-5-3-4-24(18-25)47-30-12-13-32(54)49-34(30)56/h3-6,11,18-19,26-27,30-31,47H,7-10,12-17,21-22H2,1-2H3,(H,48,55)(H,49,54,56)/t26?,27?,30?,31-/m1/s1. The topological polar surface area (TPSA) is 167 Å². The Morgan fingerprint density at radius 2 is 1.70 bits per heavy atom. The molecular weight excluding hydrogens is 823 g/mol. The van der Waals surface area contributed by atoms with E-state index in [-0.39, 0.29) is 68.6 Å². The summed E-state index contributed by atoms with van der Waals surface area (Å²) in [4.78, 5) is 67.6. The third-order valence-corrected chi connectivity index (χ3v) is 12.1. The average molecular weight is 867 g/mol. The number of imide groups is 2. The average Bonchev–Trinajstić information content (AvgIpc) is 3.34. The molecular formula is C39H44F6N8O6S. The molecule has 0 aromatic heterocycles. The second-order valence-electron chi connectivity index (χ2n) is 15.6. The number of nitriles is 1. The number of anilines is 2. The molecule has 3 heterocycles. The first kappa shape index (κ1) is 44.6. The number of piperazine rings is 1. The lowest BCUT2D eigenvalue weighted by atomic mass is 9.89. The van der Waals surface area contributed by atoms with Crippen molar-refractivity contribution in [3.05, 3.63) is 53.6 Å². The summed E-state index contributed by atoms with van der Waals surface area (Å²) < 4.78 is 90.4. The van der Waals surface area contributed by atoms with Crippen LogP contribution in [0.4, 0.5) is 42.5 Å². The Hall–Kier alpha value is -4.91. The molecule has 21 heteroatoms. The number of ether oxygens (including phenoxy) is 1. The van der Waals surface area contributed by atoms with E-state index in [1.54, 1.807) is 43.0 Å². The van der Waals surface area contributed by atoms with Crippen LogP contribution in [0.25, 0.3) is 0 Å². The molecule has 0 bridgehead atoms. The smallest absolute Gasteiger partial charge is 0.377 e. The quantitative estimate of drug-likeness (QED) is 0.109. The van der Waals surface area contributed by atoms with Crippen LogP contribution in [0.1, 0.15) is 63.5 Å². The molecule has 1 unspecified atom stereocenters. The Kier molecular flexibility index (Phi) is 13.4. The van der Waals surface area contributed by atoms with E-state index in [9.17, 15) is 50.3 Å². The second-order valence-corrected chi connectivity index (χ2v) is 16.6. The maximum atomic E-state index is 14.3. The van der Waals surface area contributed by atoms with Gasteiger partial charge in [0, 0.05) is 54.9 Å². The van der Waals surface area contributed by atoms with Crippen molar-refractivity contribution in [1.29, 1.82) is 5.26 Å². The molecule has 3 aliphatic heterocycles. The van der Waals surface area contributed by atoms with Crippen molar-refractivity contribution in [2.75, 3.05) is 50.0 Å². The SMILES string of the molecule is CC1(C)C(=O)N(Sc2ccc(C#N)c(C(F)(F)F)c2)C(=O)N1C1CCC(OCCN2CCN(CC(=O)Nc3cccc(NC4CCC(=O)NC4=O)c3)[C@@H](C(F)(F)F)C2)CC1. The van der Waals surface area contributed by atoms with E-state index in [2.05, 4.69) is 16.0 Å². The summed E-state index contributed by atoms with van der Waals surface area (Å²) in [6, 6.07) is 7.28. The number of benzene rings is 2. The van der Waals surface area contributed by atoms with Crippen molar-refractivity contribution in [2.45, 2.75) is 99.4 Å². The van der Waals surface area contributed by atoms with Crippen LogP contribution in [0.2, 0.25) is 0 Å². The van der Waals surface area contributed by atoms with Crippen LogP contribution in [0, 0.1) is 11.3 Å². The van der Waals surface area contributed by atoms with Crippen LogP contribution >= 0.6 is 11.9 Å². The van der Waals surface area contributed by atoms with Crippen molar-refractivity contribution in [2.24, 2.45) is 0 Å². The molecule has 3 saturated heterocycles. The van der Waals surface area contributed by atoms with Crippen molar-refractivity contribution in [3.63, 3.8) is 0 Å². The molecule has 0 radical (unpaired) electrons. The number of nitrogens with zero attached hydrogens (tertiary/aromatic N) is 5. The summed E-state index contributed by atoms with van der Waals surface area (Å²) in [6.07, 6.45) is -7.30. The van der Waals surface area contributed by atoms with E-state index in [0.717, 1.165) is 21.3 Å². The highest BCUT2D eigenvalue weighted by molar-refractivity contribution is 7.98. The lowest BCUT2D eigenvalue weighted by molar-refractivity contribution is -0.197. The van der Waals surface area contributed by atoms with E-state index >= 15 is 0 Å². The molecule has 14 nitrogen and oxygen atoms in total. The molecule has 60 heavy (non-hydrogen) atoms. The minimum atomic E-state index is -4.81. The molecule has 0 spiro atoms. The fourth-order valence-corrected chi connectivity index (χ4v) is 8.97. The van der Waals surface area contributed by atoms with Crippen LogP contribution in [0.3, 0.4) is 0 Å². The molecule has 2 atom stereocenters. The number of amides is 6. The van der Waals surface area contributed by atoms with Gasteiger partial charge in [-0.05, 0) is 94.3 Å². The number of nitrogens with one attached hydrogen (secondary N) is 3. The van der Waals surface area contributed by atoms with Gasteiger partial charge < -0.3 is 20.3 Å². The highest BCUT2D eigenvalue weighted by Gasteiger charge is 2.55. The predicted octanol–water partition coefficient (Wildman–Crippen LogP) is 5.36. The van der Waals surface area contributed by atoms with Crippen LogP contribution in [0.15, 0.2) is 47.4 Å². The fraction of sp³-hybridized carbons (Fsp3) is 0.538. The van der Waals surface area contributed by atoms with Gasteiger partial charge >= 0.3 is 18.4 Å². The first-order valence-corrected chi connectivity index (χ1v) is 20.1. The molecule has 6 amide bonds. The zero-order valence-electron chi connectivity index (χ0n) is 32.7. The van der Waals surface area contributed by atoms with E-state index in [1.165, 1.54) is 17.0 Å². The first-order chi connectivity index (χ1) is 28.2. The maximum absolute atomic E-state index is 14.3. The van der Waals surface area contributed by atoms with Gasteiger partial charge in [-0.25, -0.2) is 4.79 Å². The van der Waals surface area contributed by atoms with Gasteiger partial charge in [0.05, 0.1) is 36.5 Å². The van der Waals surface area contributed by atoms with Crippen molar-refractivity contribution in [1.82, 2.24) is 24.3 Å². The van der Waals surface area contributed by atoms with E-state index < -0.39 is 71.4 Å². The summed E-state index contributed by atoms with van der Waals surface area (Å²) >= 11 is 0.563. The zero-order chi connectivity index (χ0) is 43.6. The number of hydrogen-bond donors (Lipinski definition) is 3. The summed E-state index contributed by atoms with van der Waals surface area (Å²) in [5.41, 5.74) is -2.24. The van der Waals surface area contributed by atoms with Gasteiger partial charge in [-0.3, -0.25) is 34.3 Å². The number of urea groups is 1. The Morgan fingerprint density at radius 3 is 2.37 bits per heavy atom. The molecule has 3 N–H and O–H groups in total. The van der Waals surface area contributed by atoms with Crippen LogP contribution in [-0.4, -0.2) is 124 Å². The largest absolute Gasteiger partial charge is 0.417 e. The van der Waals surface area contributed by atoms with Crippen molar-refractivity contribution < 1.29 is 55.1 Å². The van der Waals surface area contributed by atoms with Crippen LogP contribution in [-0.2, 0) is 30.1 Å². The van der Waals surface area contributed by atoms with E-state index in [1.807, 2.05) is 0 Å². The number of alkyl halides is 6. The van der Waals surface area contributed by atoms with Crippen molar-refractivity contribution in [3.8, 4) is 6.07 Å². The summed E-state index contributed by atoms with van der Waals surface area (Å²) in [5.74, 6) is -2.08. The van der Waals surface area contributed by atoms with Crippen LogP contribution in [0.5, 0.6) is 0 Å². The summed E-state index contributed by atoms with van der Waals surface area (Å²) in [5, 5.41) is 17.0. The molecule has 4 aliphatic rings. The number of carbonyl (C=O) groups is 5. The molecule has 324 valence electrons. The summed E-state index contributed by atoms with van der Waals surface area (Å²) in [7, 11) is 0. The summed E-state index contributed by atoms with van der Waals surface area (Å²) in [6.45, 7) is 2.86. The Morgan fingerprint density at radius 1 is 0.983 bits per heavy atom. The minimum Gasteiger partial charge on any atom is -0.377 e. The molecule has 6 rings (SSSR count). The monoisotopic (exact) mass is 866 g/mol. The number of piperidine rings is 1.